The van der Waals surface area contributed by atoms with E-state index in [1.54, 1.807) is 24.3 Å². The predicted molar refractivity (Wildman–Crippen MR) is 59.0 cm³/mol. The van der Waals surface area contributed by atoms with Crippen LogP contribution in [-0.2, 0) is 14.6 Å². The van der Waals surface area contributed by atoms with Gasteiger partial charge in [-0.05, 0) is 6.07 Å². The summed E-state index contributed by atoms with van der Waals surface area (Å²) < 4.78 is 27.4. The SMILES string of the molecule is CS(=O)(=O)CC1OC(=O)Nc2ccccc21. The molecule has 0 aliphatic carbocycles. The molecule has 0 saturated carbocycles. The number of ether oxygens (including phenoxy) is 1. The molecule has 0 aromatic heterocycles. The number of fused-ring (bicyclic) bond motifs is 1. The van der Waals surface area contributed by atoms with Crippen molar-refractivity contribution < 1.29 is 17.9 Å². The van der Waals surface area contributed by atoms with Crippen molar-refractivity contribution in [3.8, 4) is 0 Å². The van der Waals surface area contributed by atoms with Gasteiger partial charge in [0.2, 0.25) is 0 Å². The van der Waals surface area contributed by atoms with Crippen molar-refractivity contribution in [3.05, 3.63) is 29.8 Å². The predicted octanol–water partition coefficient (Wildman–Crippen LogP) is 1.33. The molecule has 1 atom stereocenters. The molecule has 86 valence electrons. The van der Waals surface area contributed by atoms with E-state index in [1.165, 1.54) is 0 Å². The molecule has 0 bridgehead atoms. The van der Waals surface area contributed by atoms with Gasteiger partial charge in [0.1, 0.15) is 6.10 Å². The monoisotopic (exact) mass is 241 g/mol. The van der Waals surface area contributed by atoms with Crippen LogP contribution in [0.3, 0.4) is 0 Å². The fourth-order valence-corrected chi connectivity index (χ4v) is 2.42. The minimum atomic E-state index is -3.19. The molecule has 1 N–H and O–H groups in total. The number of nitrogens with one attached hydrogen (secondary N) is 1. The Morgan fingerprint density at radius 2 is 2.06 bits per heavy atom. The average molecular weight is 241 g/mol. The van der Waals surface area contributed by atoms with Crippen LogP contribution in [0.1, 0.15) is 11.7 Å². The van der Waals surface area contributed by atoms with Crippen molar-refractivity contribution in [1.29, 1.82) is 0 Å². The second-order valence-electron chi connectivity index (χ2n) is 3.70. The van der Waals surface area contributed by atoms with Crippen molar-refractivity contribution in [2.75, 3.05) is 17.3 Å². The van der Waals surface area contributed by atoms with Gasteiger partial charge in [-0.1, -0.05) is 18.2 Å². The van der Waals surface area contributed by atoms with E-state index >= 15 is 0 Å². The molecule has 16 heavy (non-hydrogen) atoms. The Labute approximate surface area is 93.3 Å². The van der Waals surface area contributed by atoms with Crippen molar-refractivity contribution in [2.45, 2.75) is 6.10 Å². The third kappa shape index (κ3) is 2.33. The van der Waals surface area contributed by atoms with Gasteiger partial charge >= 0.3 is 6.09 Å². The van der Waals surface area contributed by atoms with E-state index in [4.69, 9.17) is 4.74 Å². The normalized spacial score (nSPS) is 19.6. The summed E-state index contributed by atoms with van der Waals surface area (Å²) in [5.41, 5.74) is 1.29. The lowest BCUT2D eigenvalue weighted by Crippen LogP contribution is -2.28. The molecule has 5 nitrogen and oxygen atoms in total. The summed E-state index contributed by atoms with van der Waals surface area (Å²) in [5.74, 6) is -0.197. The second-order valence-corrected chi connectivity index (χ2v) is 5.88. The molecule has 1 heterocycles. The minimum Gasteiger partial charge on any atom is -0.440 e. The van der Waals surface area contributed by atoms with E-state index in [-0.39, 0.29) is 5.75 Å². The number of rotatable bonds is 2. The fraction of sp³-hybridized carbons (Fsp3) is 0.300. The molecule has 1 amide bonds. The van der Waals surface area contributed by atoms with Crippen molar-refractivity contribution in [1.82, 2.24) is 0 Å². The third-order valence-corrected chi connectivity index (χ3v) is 3.16. The molecule has 0 fully saturated rings. The molecular weight excluding hydrogens is 230 g/mol. The Bertz CT molecular complexity index is 523. The molecule has 1 aromatic rings. The number of amides is 1. The van der Waals surface area contributed by atoms with Crippen LogP contribution < -0.4 is 5.32 Å². The van der Waals surface area contributed by atoms with Gasteiger partial charge in [-0.25, -0.2) is 13.2 Å². The Balaban J connectivity index is 2.37. The van der Waals surface area contributed by atoms with E-state index in [0.29, 0.717) is 11.3 Å². The first-order valence-corrected chi connectivity index (χ1v) is 6.76. The van der Waals surface area contributed by atoms with Crippen LogP contribution in [0, 0.1) is 0 Å². The molecule has 1 aliphatic rings. The Morgan fingerprint density at radius 3 is 2.75 bits per heavy atom. The number of para-hydroxylation sites is 1. The summed E-state index contributed by atoms with van der Waals surface area (Å²) in [6.07, 6.45) is -0.224. The number of carbonyl (C=O) groups excluding carboxylic acids is 1. The maximum atomic E-state index is 11.2. The van der Waals surface area contributed by atoms with E-state index in [2.05, 4.69) is 5.32 Å². The molecule has 1 aliphatic heterocycles. The quantitative estimate of drug-likeness (QED) is 0.847. The molecular formula is C10H11NO4S. The highest BCUT2D eigenvalue weighted by molar-refractivity contribution is 7.90. The summed E-state index contributed by atoms with van der Waals surface area (Å²) in [6.45, 7) is 0. The lowest BCUT2D eigenvalue weighted by molar-refractivity contribution is 0.118. The number of cyclic esters (lactones) is 1. The largest absolute Gasteiger partial charge is 0.440 e. The van der Waals surface area contributed by atoms with Gasteiger partial charge in [0.05, 0.1) is 11.4 Å². The minimum absolute atomic E-state index is 0.197. The fourth-order valence-electron chi connectivity index (χ4n) is 1.62. The molecule has 2 rings (SSSR count). The van der Waals surface area contributed by atoms with Crippen LogP contribution in [0.25, 0.3) is 0 Å². The van der Waals surface area contributed by atoms with Gasteiger partial charge in [-0.15, -0.1) is 0 Å². The van der Waals surface area contributed by atoms with Gasteiger partial charge in [0.15, 0.2) is 9.84 Å². The highest BCUT2D eigenvalue weighted by Gasteiger charge is 2.28. The average Bonchev–Trinajstić information content (AvgIpc) is 2.14. The highest BCUT2D eigenvalue weighted by atomic mass is 32.2. The molecule has 0 saturated heterocycles. The number of anilines is 1. The zero-order valence-corrected chi connectivity index (χ0v) is 9.45. The summed E-state index contributed by atoms with van der Waals surface area (Å²) in [7, 11) is -3.19. The van der Waals surface area contributed by atoms with Gasteiger partial charge in [0, 0.05) is 11.8 Å². The summed E-state index contributed by atoms with van der Waals surface area (Å²) in [5, 5.41) is 2.52. The maximum absolute atomic E-state index is 11.2. The van der Waals surface area contributed by atoms with E-state index in [1.807, 2.05) is 0 Å². The number of hydrogen-bond acceptors (Lipinski definition) is 4. The maximum Gasteiger partial charge on any atom is 0.412 e. The number of benzene rings is 1. The third-order valence-electron chi connectivity index (χ3n) is 2.25. The smallest absolute Gasteiger partial charge is 0.412 e. The van der Waals surface area contributed by atoms with Crippen molar-refractivity contribution in [2.24, 2.45) is 0 Å². The van der Waals surface area contributed by atoms with Gasteiger partial charge in [0.25, 0.3) is 0 Å². The van der Waals surface area contributed by atoms with Crippen LogP contribution in [-0.4, -0.2) is 26.5 Å². The standard InChI is InChI=1S/C10H11NO4S/c1-16(13,14)6-9-7-4-2-3-5-8(7)11-10(12)15-9/h2-5,9H,6H2,1H3,(H,11,12). The number of hydrogen-bond donors (Lipinski definition) is 1. The summed E-state index contributed by atoms with van der Waals surface area (Å²) in [4.78, 5) is 11.2. The summed E-state index contributed by atoms with van der Waals surface area (Å²) in [6, 6.07) is 6.99. The lowest BCUT2D eigenvalue weighted by atomic mass is 10.1. The summed E-state index contributed by atoms with van der Waals surface area (Å²) >= 11 is 0. The topological polar surface area (TPSA) is 72.5 Å². The van der Waals surface area contributed by atoms with E-state index < -0.39 is 22.0 Å². The molecule has 0 radical (unpaired) electrons. The lowest BCUT2D eigenvalue weighted by Gasteiger charge is -2.25. The van der Waals surface area contributed by atoms with Gasteiger partial charge in [-0.3, -0.25) is 5.32 Å². The molecule has 1 aromatic carbocycles. The zero-order valence-electron chi connectivity index (χ0n) is 8.64. The van der Waals surface area contributed by atoms with Crippen LogP contribution in [0.4, 0.5) is 10.5 Å². The molecule has 1 unspecified atom stereocenters. The second kappa shape index (κ2) is 3.79. The Morgan fingerprint density at radius 1 is 1.38 bits per heavy atom. The van der Waals surface area contributed by atoms with Crippen LogP contribution in [0.5, 0.6) is 0 Å². The first kappa shape index (κ1) is 10.9. The van der Waals surface area contributed by atoms with Gasteiger partial charge in [-0.2, -0.15) is 0 Å². The van der Waals surface area contributed by atoms with Crippen LogP contribution in [0.15, 0.2) is 24.3 Å². The Hall–Kier alpha value is -1.56. The Kier molecular flexibility index (Phi) is 2.59. The zero-order chi connectivity index (χ0) is 11.8. The van der Waals surface area contributed by atoms with Crippen LogP contribution in [0.2, 0.25) is 0 Å². The number of sulfone groups is 1. The first-order chi connectivity index (χ1) is 7.46. The van der Waals surface area contributed by atoms with Crippen molar-refractivity contribution in [3.63, 3.8) is 0 Å². The highest BCUT2D eigenvalue weighted by Crippen LogP contribution is 2.30. The molecule has 0 spiro atoms. The van der Waals surface area contributed by atoms with Crippen molar-refractivity contribution >= 4 is 21.6 Å². The molecule has 6 heteroatoms. The van der Waals surface area contributed by atoms with Crippen LogP contribution >= 0.6 is 0 Å². The van der Waals surface area contributed by atoms with Gasteiger partial charge < -0.3 is 4.74 Å². The number of carbonyl (C=O) groups is 1. The van der Waals surface area contributed by atoms with E-state index in [9.17, 15) is 13.2 Å². The first-order valence-electron chi connectivity index (χ1n) is 4.70. The van der Waals surface area contributed by atoms with E-state index in [0.717, 1.165) is 6.26 Å².